The number of likely N-dealkylation sites (tertiary alicyclic amines) is 1. The van der Waals surface area contributed by atoms with Crippen LogP contribution in [0.25, 0.3) is 0 Å². The average Bonchev–Trinajstić information content (AvgIpc) is 3.00. The number of carbonyl (C=O) groups excluding carboxylic acids is 1. The average molecular weight is 326 g/mol. The fourth-order valence-corrected chi connectivity index (χ4v) is 3.29. The van der Waals surface area contributed by atoms with Gasteiger partial charge in [0, 0.05) is 57.4 Å². The van der Waals surface area contributed by atoms with E-state index >= 15 is 0 Å². The van der Waals surface area contributed by atoms with Crippen LogP contribution in [-0.4, -0.2) is 47.5 Å². The molecule has 0 N–H and O–H groups in total. The van der Waals surface area contributed by atoms with Gasteiger partial charge in [0.15, 0.2) is 0 Å². The number of amides is 1. The van der Waals surface area contributed by atoms with E-state index in [-0.39, 0.29) is 5.91 Å². The van der Waals surface area contributed by atoms with Gasteiger partial charge in [0.2, 0.25) is 0 Å². The van der Waals surface area contributed by atoms with Gasteiger partial charge in [-0.3, -0.25) is 4.79 Å². The molecule has 0 saturated carbocycles. The molecule has 0 aliphatic carbocycles. The van der Waals surface area contributed by atoms with Crippen molar-refractivity contribution in [1.29, 1.82) is 0 Å². The predicted octanol–water partition coefficient (Wildman–Crippen LogP) is 2.81. The van der Waals surface area contributed by atoms with E-state index in [9.17, 15) is 4.79 Å². The van der Waals surface area contributed by atoms with Crippen molar-refractivity contribution in [2.24, 2.45) is 5.92 Å². The minimum atomic E-state index is 0.149. The summed E-state index contributed by atoms with van der Waals surface area (Å²) in [5, 5.41) is 0. The van der Waals surface area contributed by atoms with Crippen LogP contribution in [0, 0.1) is 12.8 Å². The number of hydrogen-bond acceptors (Lipinski definition) is 3. The lowest BCUT2D eigenvalue weighted by Crippen LogP contribution is -2.39. The summed E-state index contributed by atoms with van der Waals surface area (Å²) >= 11 is 0. The molecule has 5 heteroatoms. The van der Waals surface area contributed by atoms with Crippen LogP contribution < -0.4 is 4.90 Å². The number of rotatable bonds is 4. The van der Waals surface area contributed by atoms with Gasteiger partial charge in [0.1, 0.15) is 5.82 Å². The Labute approximate surface area is 143 Å². The van der Waals surface area contributed by atoms with Crippen LogP contribution in [-0.2, 0) is 6.54 Å². The molecule has 0 unspecified atom stereocenters. The second-order valence-corrected chi connectivity index (χ2v) is 6.81. The second kappa shape index (κ2) is 7.07. The predicted molar refractivity (Wildman–Crippen MR) is 96.4 cm³/mol. The van der Waals surface area contributed by atoms with Gasteiger partial charge < -0.3 is 14.4 Å². The third kappa shape index (κ3) is 3.61. The minimum Gasteiger partial charge on any atom is -0.378 e. The van der Waals surface area contributed by atoms with Gasteiger partial charge in [-0.2, -0.15) is 0 Å². The van der Waals surface area contributed by atoms with Crippen molar-refractivity contribution < 1.29 is 4.79 Å². The number of aryl methyl sites for hydroxylation is 1. The van der Waals surface area contributed by atoms with Crippen molar-refractivity contribution in [3.05, 3.63) is 48.0 Å². The summed E-state index contributed by atoms with van der Waals surface area (Å²) in [6.45, 7) is 4.72. The van der Waals surface area contributed by atoms with E-state index in [1.54, 1.807) is 0 Å². The first kappa shape index (κ1) is 16.6. The van der Waals surface area contributed by atoms with Crippen LogP contribution in [0.5, 0.6) is 0 Å². The minimum absolute atomic E-state index is 0.149. The Morgan fingerprint density at radius 2 is 2.04 bits per heavy atom. The van der Waals surface area contributed by atoms with E-state index in [1.807, 2.05) is 67.5 Å². The topological polar surface area (TPSA) is 41.4 Å². The summed E-state index contributed by atoms with van der Waals surface area (Å²) in [4.78, 5) is 21.0. The maximum atomic E-state index is 12.7. The van der Waals surface area contributed by atoms with Gasteiger partial charge in [0.05, 0.1) is 0 Å². The molecule has 0 spiro atoms. The van der Waals surface area contributed by atoms with Crippen LogP contribution in [0.15, 0.2) is 36.7 Å². The van der Waals surface area contributed by atoms with E-state index < -0.39 is 0 Å². The Balaban J connectivity index is 1.59. The molecule has 0 radical (unpaired) electrons. The van der Waals surface area contributed by atoms with Gasteiger partial charge >= 0.3 is 0 Å². The summed E-state index contributed by atoms with van der Waals surface area (Å²) in [5.74, 6) is 1.83. The molecule has 2 aromatic rings. The number of hydrogen-bond donors (Lipinski definition) is 0. The van der Waals surface area contributed by atoms with Gasteiger partial charge in [-0.1, -0.05) is 6.07 Å². The maximum Gasteiger partial charge on any atom is 0.253 e. The molecule has 1 aliphatic heterocycles. The van der Waals surface area contributed by atoms with Crippen molar-refractivity contribution in [1.82, 2.24) is 14.5 Å². The zero-order valence-corrected chi connectivity index (χ0v) is 14.8. The Morgan fingerprint density at radius 1 is 1.29 bits per heavy atom. The second-order valence-electron chi connectivity index (χ2n) is 6.81. The third-order valence-corrected chi connectivity index (χ3v) is 4.89. The molecule has 1 saturated heterocycles. The highest BCUT2D eigenvalue weighted by molar-refractivity contribution is 5.95. The van der Waals surface area contributed by atoms with Crippen molar-refractivity contribution in [2.45, 2.75) is 26.3 Å². The zero-order valence-electron chi connectivity index (χ0n) is 14.8. The monoisotopic (exact) mass is 326 g/mol. The molecule has 0 atom stereocenters. The van der Waals surface area contributed by atoms with Gasteiger partial charge in [-0.15, -0.1) is 0 Å². The van der Waals surface area contributed by atoms with Gasteiger partial charge in [-0.05, 0) is 43.9 Å². The summed E-state index contributed by atoms with van der Waals surface area (Å²) in [5.41, 5.74) is 1.84. The van der Waals surface area contributed by atoms with Gasteiger partial charge in [0.25, 0.3) is 5.91 Å². The maximum absolute atomic E-state index is 12.7. The Morgan fingerprint density at radius 3 is 2.67 bits per heavy atom. The Hall–Kier alpha value is -2.30. The van der Waals surface area contributed by atoms with E-state index in [2.05, 4.69) is 9.55 Å². The van der Waals surface area contributed by atoms with E-state index in [1.165, 1.54) is 0 Å². The normalized spacial score (nSPS) is 15.5. The summed E-state index contributed by atoms with van der Waals surface area (Å²) in [6, 6.07) is 7.87. The van der Waals surface area contributed by atoms with E-state index in [4.69, 9.17) is 0 Å². The SMILES string of the molecule is Cc1nccn1CC1CCN(C(=O)c2cccc(N(C)C)c2)CC1. The molecule has 1 fully saturated rings. The lowest BCUT2D eigenvalue weighted by molar-refractivity contribution is 0.0682. The molecule has 1 amide bonds. The highest BCUT2D eigenvalue weighted by Gasteiger charge is 2.24. The van der Waals surface area contributed by atoms with Gasteiger partial charge in [-0.25, -0.2) is 4.98 Å². The molecular weight excluding hydrogens is 300 g/mol. The molecule has 0 bridgehead atoms. The molecule has 2 heterocycles. The number of aromatic nitrogens is 2. The number of carbonyl (C=O) groups is 1. The number of piperidine rings is 1. The molecule has 1 aliphatic rings. The molecule has 128 valence electrons. The first-order valence-corrected chi connectivity index (χ1v) is 8.59. The number of anilines is 1. The summed E-state index contributed by atoms with van der Waals surface area (Å²) < 4.78 is 2.21. The summed E-state index contributed by atoms with van der Waals surface area (Å²) in [6.07, 6.45) is 6.00. The number of nitrogens with zero attached hydrogens (tertiary/aromatic N) is 4. The molecule has 1 aromatic carbocycles. The molecule has 1 aromatic heterocycles. The first-order chi connectivity index (χ1) is 11.5. The Kier molecular flexibility index (Phi) is 4.88. The van der Waals surface area contributed by atoms with Crippen molar-refractivity contribution in [2.75, 3.05) is 32.1 Å². The number of benzene rings is 1. The van der Waals surface area contributed by atoms with Crippen molar-refractivity contribution in [3.63, 3.8) is 0 Å². The lowest BCUT2D eigenvalue weighted by atomic mass is 9.96. The van der Waals surface area contributed by atoms with Crippen LogP contribution in [0.4, 0.5) is 5.69 Å². The molecule has 5 nitrogen and oxygen atoms in total. The standard InChI is InChI=1S/C19H26N4O/c1-15-20-9-12-23(15)14-16-7-10-22(11-8-16)19(24)17-5-4-6-18(13-17)21(2)3/h4-6,9,12-13,16H,7-8,10-11,14H2,1-3H3. The van der Waals surface area contributed by atoms with Crippen molar-refractivity contribution in [3.8, 4) is 0 Å². The number of imidazole rings is 1. The highest BCUT2D eigenvalue weighted by Crippen LogP contribution is 2.22. The van der Waals surface area contributed by atoms with E-state index in [0.29, 0.717) is 5.92 Å². The fourth-order valence-electron chi connectivity index (χ4n) is 3.29. The third-order valence-electron chi connectivity index (χ3n) is 4.89. The largest absolute Gasteiger partial charge is 0.378 e. The molecule has 24 heavy (non-hydrogen) atoms. The van der Waals surface area contributed by atoms with Crippen molar-refractivity contribution >= 4 is 11.6 Å². The highest BCUT2D eigenvalue weighted by atomic mass is 16.2. The van der Waals surface area contributed by atoms with Crippen LogP contribution >= 0.6 is 0 Å². The van der Waals surface area contributed by atoms with Crippen LogP contribution in [0.2, 0.25) is 0 Å². The quantitative estimate of drug-likeness (QED) is 0.867. The first-order valence-electron chi connectivity index (χ1n) is 8.59. The smallest absolute Gasteiger partial charge is 0.253 e. The van der Waals surface area contributed by atoms with Crippen LogP contribution in [0.1, 0.15) is 29.0 Å². The molecular formula is C19H26N4O. The van der Waals surface area contributed by atoms with Crippen LogP contribution in [0.3, 0.4) is 0 Å². The Bertz CT molecular complexity index is 699. The summed E-state index contributed by atoms with van der Waals surface area (Å²) in [7, 11) is 3.99. The lowest BCUT2D eigenvalue weighted by Gasteiger charge is -2.32. The zero-order chi connectivity index (χ0) is 17.1. The fraction of sp³-hybridized carbons (Fsp3) is 0.474. The molecule has 3 rings (SSSR count). The van der Waals surface area contributed by atoms with E-state index in [0.717, 1.165) is 49.6 Å².